The number of benzene rings is 2. The van der Waals surface area contributed by atoms with Crippen molar-refractivity contribution < 1.29 is 14.0 Å². The van der Waals surface area contributed by atoms with E-state index >= 15 is 0 Å². The zero-order chi connectivity index (χ0) is 17.8. The molecule has 3 aromatic rings. The molecule has 5 nitrogen and oxygen atoms in total. The van der Waals surface area contributed by atoms with Crippen molar-refractivity contribution in [2.75, 3.05) is 0 Å². The largest absolute Gasteiger partial charge is 0.459 e. The van der Waals surface area contributed by atoms with Crippen LogP contribution in [-0.4, -0.2) is 17.9 Å². The summed E-state index contributed by atoms with van der Waals surface area (Å²) in [6, 6.07) is 16.5. The standard InChI is InChI=1S/C20H20N2O3/c1-13(16-10-9-15-6-3-4-7-17(15)12-16)21-19(23)14(2)22-20(24)18-8-5-11-25-18/h3-14H,1-2H3,(H,21,23)(H,22,24). The van der Waals surface area contributed by atoms with Gasteiger partial charge in [-0.05, 0) is 48.4 Å². The van der Waals surface area contributed by atoms with Gasteiger partial charge in [0.1, 0.15) is 6.04 Å². The molecular weight excluding hydrogens is 316 g/mol. The monoisotopic (exact) mass is 336 g/mol. The van der Waals surface area contributed by atoms with Gasteiger partial charge in [-0.15, -0.1) is 0 Å². The van der Waals surface area contributed by atoms with Gasteiger partial charge in [0.25, 0.3) is 5.91 Å². The molecule has 0 aliphatic rings. The Kier molecular flexibility index (Phi) is 4.84. The van der Waals surface area contributed by atoms with Crippen LogP contribution in [0.4, 0.5) is 0 Å². The van der Waals surface area contributed by atoms with Gasteiger partial charge in [0.05, 0.1) is 12.3 Å². The summed E-state index contributed by atoms with van der Waals surface area (Å²) in [6.45, 7) is 3.56. The van der Waals surface area contributed by atoms with Crippen LogP contribution in [0.3, 0.4) is 0 Å². The first-order valence-corrected chi connectivity index (χ1v) is 8.18. The summed E-state index contributed by atoms with van der Waals surface area (Å²) in [7, 11) is 0. The Balaban J connectivity index is 1.63. The molecule has 2 N–H and O–H groups in total. The van der Waals surface area contributed by atoms with Crippen LogP contribution < -0.4 is 10.6 Å². The highest BCUT2D eigenvalue weighted by molar-refractivity contribution is 5.95. The minimum atomic E-state index is -0.666. The topological polar surface area (TPSA) is 71.3 Å². The van der Waals surface area contributed by atoms with Crippen molar-refractivity contribution in [1.29, 1.82) is 0 Å². The minimum absolute atomic E-state index is 0.167. The van der Waals surface area contributed by atoms with Crippen LogP contribution in [0.25, 0.3) is 10.8 Å². The third-order valence-electron chi connectivity index (χ3n) is 4.12. The lowest BCUT2D eigenvalue weighted by molar-refractivity contribution is -0.123. The molecule has 3 rings (SSSR count). The van der Waals surface area contributed by atoms with Crippen molar-refractivity contribution in [3.63, 3.8) is 0 Å². The first kappa shape index (κ1) is 16.8. The van der Waals surface area contributed by atoms with Crippen LogP contribution in [0, 0.1) is 0 Å². The summed E-state index contributed by atoms with van der Waals surface area (Å²) >= 11 is 0. The molecule has 128 valence electrons. The molecule has 0 aliphatic carbocycles. The Hall–Kier alpha value is -3.08. The molecule has 25 heavy (non-hydrogen) atoms. The molecule has 0 bridgehead atoms. The molecule has 2 unspecified atom stereocenters. The van der Waals surface area contributed by atoms with Gasteiger partial charge >= 0.3 is 0 Å². The van der Waals surface area contributed by atoms with Crippen LogP contribution in [0.1, 0.15) is 36.0 Å². The zero-order valence-electron chi connectivity index (χ0n) is 14.2. The van der Waals surface area contributed by atoms with Crippen molar-refractivity contribution >= 4 is 22.6 Å². The fourth-order valence-corrected chi connectivity index (χ4v) is 2.64. The van der Waals surface area contributed by atoms with Crippen LogP contribution in [-0.2, 0) is 4.79 Å². The lowest BCUT2D eigenvalue weighted by Crippen LogP contribution is -2.45. The maximum Gasteiger partial charge on any atom is 0.287 e. The average molecular weight is 336 g/mol. The molecule has 2 aromatic carbocycles. The molecule has 0 spiro atoms. The molecule has 2 atom stereocenters. The second-order valence-corrected chi connectivity index (χ2v) is 6.01. The molecule has 0 radical (unpaired) electrons. The van der Waals surface area contributed by atoms with Crippen LogP contribution in [0.2, 0.25) is 0 Å². The Bertz CT molecular complexity index is 887. The number of nitrogens with one attached hydrogen (secondary N) is 2. The maximum absolute atomic E-state index is 12.3. The third kappa shape index (κ3) is 3.88. The quantitative estimate of drug-likeness (QED) is 0.750. The SMILES string of the molecule is CC(NC(=O)c1ccco1)C(=O)NC(C)c1ccc2ccccc2c1. The van der Waals surface area contributed by atoms with E-state index in [0.29, 0.717) is 0 Å². The van der Waals surface area contributed by atoms with Crippen molar-refractivity contribution in [2.45, 2.75) is 25.9 Å². The van der Waals surface area contributed by atoms with Gasteiger partial charge in [-0.25, -0.2) is 0 Å². The van der Waals surface area contributed by atoms with E-state index < -0.39 is 11.9 Å². The van der Waals surface area contributed by atoms with E-state index in [2.05, 4.69) is 22.8 Å². The fraction of sp³-hybridized carbons (Fsp3) is 0.200. The third-order valence-corrected chi connectivity index (χ3v) is 4.12. The van der Waals surface area contributed by atoms with Crippen LogP contribution in [0.5, 0.6) is 0 Å². The van der Waals surface area contributed by atoms with Crippen molar-refractivity contribution in [3.05, 3.63) is 72.2 Å². The fourth-order valence-electron chi connectivity index (χ4n) is 2.64. The summed E-state index contributed by atoms with van der Waals surface area (Å²) in [4.78, 5) is 24.3. The van der Waals surface area contributed by atoms with Gasteiger partial charge in [0, 0.05) is 0 Å². The number of carbonyl (C=O) groups excluding carboxylic acids is 2. The number of hydrogen-bond acceptors (Lipinski definition) is 3. The van der Waals surface area contributed by atoms with E-state index in [1.54, 1.807) is 19.1 Å². The highest BCUT2D eigenvalue weighted by Gasteiger charge is 2.20. The van der Waals surface area contributed by atoms with Gasteiger partial charge in [0.15, 0.2) is 5.76 Å². The lowest BCUT2D eigenvalue weighted by atomic mass is 10.0. The Morgan fingerprint density at radius 1 is 0.920 bits per heavy atom. The molecule has 0 aliphatic heterocycles. The van der Waals surface area contributed by atoms with Crippen molar-refractivity contribution in [3.8, 4) is 0 Å². The average Bonchev–Trinajstić information content (AvgIpc) is 3.16. The lowest BCUT2D eigenvalue weighted by Gasteiger charge is -2.19. The first-order valence-electron chi connectivity index (χ1n) is 8.18. The smallest absolute Gasteiger partial charge is 0.287 e. The maximum atomic E-state index is 12.3. The van der Waals surface area contributed by atoms with E-state index in [4.69, 9.17) is 4.42 Å². The van der Waals surface area contributed by atoms with Crippen molar-refractivity contribution in [2.24, 2.45) is 0 Å². The Morgan fingerprint density at radius 3 is 2.40 bits per heavy atom. The molecule has 0 saturated carbocycles. The van der Waals surface area contributed by atoms with Crippen LogP contribution in [0.15, 0.2) is 65.3 Å². The number of hydrogen-bond donors (Lipinski definition) is 2. The van der Waals surface area contributed by atoms with E-state index in [1.807, 2.05) is 37.3 Å². The molecule has 5 heteroatoms. The number of rotatable bonds is 5. The second kappa shape index (κ2) is 7.21. The molecule has 1 heterocycles. The van der Waals surface area contributed by atoms with E-state index in [9.17, 15) is 9.59 Å². The number of carbonyl (C=O) groups is 2. The van der Waals surface area contributed by atoms with Gasteiger partial charge in [0.2, 0.25) is 5.91 Å². The molecule has 2 amide bonds. The van der Waals surface area contributed by atoms with E-state index in [0.717, 1.165) is 16.3 Å². The molecule has 0 fully saturated rings. The minimum Gasteiger partial charge on any atom is -0.459 e. The van der Waals surface area contributed by atoms with Gasteiger partial charge < -0.3 is 15.1 Å². The summed E-state index contributed by atoms with van der Waals surface area (Å²) in [5, 5.41) is 7.83. The predicted molar refractivity (Wildman–Crippen MR) is 96.1 cm³/mol. The summed E-state index contributed by atoms with van der Waals surface area (Å²) < 4.78 is 5.02. The van der Waals surface area contributed by atoms with Crippen molar-refractivity contribution in [1.82, 2.24) is 10.6 Å². The summed E-state index contributed by atoms with van der Waals surface area (Å²) in [6.07, 6.45) is 1.42. The second-order valence-electron chi connectivity index (χ2n) is 6.01. The Labute approximate surface area is 146 Å². The highest BCUT2D eigenvalue weighted by atomic mass is 16.3. The molecular formula is C20H20N2O3. The predicted octanol–water partition coefficient (Wildman–Crippen LogP) is 3.43. The van der Waals surface area contributed by atoms with Gasteiger partial charge in [-0.3, -0.25) is 9.59 Å². The number of fused-ring (bicyclic) bond motifs is 1. The molecule has 1 aromatic heterocycles. The van der Waals surface area contributed by atoms with Gasteiger partial charge in [-0.1, -0.05) is 36.4 Å². The zero-order valence-corrected chi connectivity index (χ0v) is 14.2. The first-order chi connectivity index (χ1) is 12.0. The normalized spacial score (nSPS) is 13.2. The Morgan fingerprint density at radius 2 is 1.68 bits per heavy atom. The highest BCUT2D eigenvalue weighted by Crippen LogP contribution is 2.20. The summed E-state index contributed by atoms with van der Waals surface area (Å²) in [5.74, 6) is -0.478. The van der Waals surface area contributed by atoms with E-state index in [1.165, 1.54) is 6.26 Å². The summed E-state index contributed by atoms with van der Waals surface area (Å²) in [5.41, 5.74) is 1.01. The number of furan rings is 1. The van der Waals surface area contributed by atoms with Crippen LogP contribution >= 0.6 is 0 Å². The van der Waals surface area contributed by atoms with Gasteiger partial charge in [-0.2, -0.15) is 0 Å². The number of amides is 2. The molecule has 0 saturated heterocycles. The van der Waals surface area contributed by atoms with E-state index in [-0.39, 0.29) is 17.7 Å².